The highest BCUT2D eigenvalue weighted by atomic mass is 16.5. The smallest absolute Gasteiger partial charge is 0.229 e. The minimum atomic E-state index is 0.113. The van der Waals surface area contributed by atoms with Crippen molar-refractivity contribution in [3.63, 3.8) is 0 Å². The minimum Gasteiger partial charge on any atom is -0.486 e. The average molecular weight is 462 g/mol. The summed E-state index contributed by atoms with van der Waals surface area (Å²) in [4.78, 5) is 10.8. The summed E-state index contributed by atoms with van der Waals surface area (Å²) in [5.41, 5.74) is 3.92. The Balaban J connectivity index is 1.29. The van der Waals surface area contributed by atoms with Crippen LogP contribution in [0.3, 0.4) is 0 Å². The number of ether oxygens (including phenoxy) is 2. The van der Waals surface area contributed by atoms with E-state index in [9.17, 15) is 4.79 Å². The Kier molecular flexibility index (Phi) is 9.20. The average Bonchev–Trinajstić information content (AvgIpc) is 3.34. The molecule has 2 aliphatic rings. The van der Waals surface area contributed by atoms with Crippen LogP contribution in [0.15, 0.2) is 48.5 Å². The second kappa shape index (κ2) is 12.5. The van der Waals surface area contributed by atoms with Gasteiger partial charge in [0.25, 0.3) is 0 Å². The van der Waals surface area contributed by atoms with Gasteiger partial charge in [-0.25, -0.2) is 0 Å². The van der Waals surface area contributed by atoms with E-state index in [1.54, 1.807) is 0 Å². The molecule has 2 atom stereocenters. The summed E-state index contributed by atoms with van der Waals surface area (Å²) < 4.78 is 12.2. The summed E-state index contributed by atoms with van der Waals surface area (Å²) in [6.45, 7) is 4.56. The molecule has 182 valence electrons. The van der Waals surface area contributed by atoms with Gasteiger partial charge in [0.1, 0.15) is 12.4 Å². The number of benzene rings is 2. The number of hydrogen-bond acceptors (Lipinski definition) is 5. The number of nitrogens with one attached hydrogen (secondary N) is 2. The standard InChI is InChI=1S/C28H39BN2O3/c1-21-7-6-10-27(33-18-17-32)28(21)23-11-13-24(14-12-23)34-20-26-25(15-16-31-26)29(30-2)19-22-8-4-3-5-9-22/h3-10,17,23-26,30-31H,11-16,18-20H2,1-2H3/t23-,24+,25?,26?. The first-order valence-electron chi connectivity index (χ1n) is 12.9. The molecule has 1 aliphatic heterocycles. The van der Waals surface area contributed by atoms with Gasteiger partial charge in [0.15, 0.2) is 6.29 Å². The molecule has 6 heteroatoms. The van der Waals surface area contributed by atoms with Crippen molar-refractivity contribution >= 4 is 13.1 Å². The largest absolute Gasteiger partial charge is 0.486 e. The lowest BCUT2D eigenvalue weighted by molar-refractivity contribution is -0.109. The van der Waals surface area contributed by atoms with E-state index in [0.29, 0.717) is 30.7 Å². The molecule has 2 aromatic carbocycles. The van der Waals surface area contributed by atoms with Gasteiger partial charge in [0.05, 0.1) is 12.7 Å². The Morgan fingerprint density at radius 2 is 1.85 bits per heavy atom. The molecule has 5 nitrogen and oxygen atoms in total. The molecular weight excluding hydrogens is 423 g/mol. The lowest BCUT2D eigenvalue weighted by Gasteiger charge is -2.32. The van der Waals surface area contributed by atoms with Gasteiger partial charge < -0.3 is 20.0 Å². The van der Waals surface area contributed by atoms with Crippen molar-refractivity contribution in [2.45, 2.75) is 69.2 Å². The predicted molar refractivity (Wildman–Crippen MR) is 139 cm³/mol. The van der Waals surface area contributed by atoms with Crippen molar-refractivity contribution < 1.29 is 14.3 Å². The summed E-state index contributed by atoms with van der Waals surface area (Å²) in [5, 5.41) is 7.29. The minimum absolute atomic E-state index is 0.113. The fourth-order valence-corrected chi connectivity index (χ4v) is 5.97. The Morgan fingerprint density at radius 3 is 2.59 bits per heavy atom. The van der Waals surface area contributed by atoms with Crippen LogP contribution in [0, 0.1) is 6.92 Å². The van der Waals surface area contributed by atoms with E-state index in [0.717, 1.165) is 57.2 Å². The van der Waals surface area contributed by atoms with Gasteiger partial charge in [-0.15, -0.1) is 0 Å². The molecule has 1 aliphatic carbocycles. The van der Waals surface area contributed by atoms with E-state index in [2.05, 4.69) is 60.9 Å². The van der Waals surface area contributed by atoms with Crippen LogP contribution in [0.1, 0.15) is 54.7 Å². The second-order valence-electron chi connectivity index (χ2n) is 9.87. The third-order valence-corrected chi connectivity index (χ3v) is 7.77. The van der Waals surface area contributed by atoms with Crippen molar-refractivity contribution in [3.8, 4) is 5.75 Å². The molecule has 0 aromatic heterocycles. The topological polar surface area (TPSA) is 59.6 Å². The molecule has 0 radical (unpaired) electrons. The maximum absolute atomic E-state index is 10.8. The molecular formula is C28H39BN2O3. The Bertz CT molecular complexity index is 902. The van der Waals surface area contributed by atoms with E-state index in [1.165, 1.54) is 23.1 Å². The first-order valence-corrected chi connectivity index (χ1v) is 12.9. The zero-order valence-electron chi connectivity index (χ0n) is 20.7. The maximum atomic E-state index is 10.8. The van der Waals surface area contributed by atoms with Gasteiger partial charge in [-0.2, -0.15) is 0 Å². The molecule has 0 spiro atoms. The van der Waals surface area contributed by atoms with E-state index in [-0.39, 0.29) is 6.61 Å². The Morgan fingerprint density at radius 1 is 1.06 bits per heavy atom. The van der Waals surface area contributed by atoms with Gasteiger partial charge in [-0.05, 0) is 82.3 Å². The summed E-state index contributed by atoms with van der Waals surface area (Å²) in [7, 11) is 2.09. The Labute approximate surface area is 205 Å². The monoisotopic (exact) mass is 462 g/mol. The first-order chi connectivity index (χ1) is 16.7. The van der Waals surface area contributed by atoms with E-state index in [1.807, 2.05) is 12.1 Å². The summed E-state index contributed by atoms with van der Waals surface area (Å²) in [6, 6.07) is 17.3. The number of aldehydes is 1. The van der Waals surface area contributed by atoms with Crippen LogP contribution in [0.4, 0.5) is 0 Å². The molecule has 2 unspecified atom stereocenters. The van der Waals surface area contributed by atoms with Gasteiger partial charge in [-0.1, -0.05) is 48.0 Å². The summed E-state index contributed by atoms with van der Waals surface area (Å²) in [5.74, 6) is 1.91. The van der Waals surface area contributed by atoms with Crippen molar-refractivity contribution in [3.05, 3.63) is 65.2 Å². The van der Waals surface area contributed by atoms with Gasteiger partial charge in [0, 0.05) is 11.6 Å². The third-order valence-electron chi connectivity index (χ3n) is 7.77. The lowest BCUT2D eigenvalue weighted by Crippen LogP contribution is -2.45. The SMILES string of the molecule is CNB(Cc1ccccc1)C1CCNC1CO[C@H]1CC[C@@H](c2c(C)cccc2OCC=O)CC1. The molecule has 2 fully saturated rings. The van der Waals surface area contributed by atoms with E-state index >= 15 is 0 Å². The van der Waals surface area contributed by atoms with Crippen LogP contribution in [-0.2, 0) is 15.9 Å². The second-order valence-corrected chi connectivity index (χ2v) is 9.87. The van der Waals surface area contributed by atoms with Gasteiger partial charge >= 0.3 is 0 Å². The summed E-state index contributed by atoms with van der Waals surface area (Å²) >= 11 is 0. The normalized spacial score (nSPS) is 24.6. The molecule has 2 aromatic rings. The summed E-state index contributed by atoms with van der Waals surface area (Å²) in [6.07, 6.45) is 7.73. The van der Waals surface area contributed by atoms with Crippen molar-refractivity contribution in [2.75, 3.05) is 26.8 Å². The molecule has 1 saturated heterocycles. The van der Waals surface area contributed by atoms with Crippen LogP contribution in [0.5, 0.6) is 5.75 Å². The van der Waals surface area contributed by atoms with Crippen LogP contribution < -0.4 is 15.3 Å². The molecule has 1 saturated carbocycles. The van der Waals surface area contributed by atoms with Gasteiger partial charge in [-0.3, -0.25) is 4.79 Å². The molecule has 4 rings (SSSR count). The number of aryl methyl sites for hydroxylation is 1. The van der Waals surface area contributed by atoms with Crippen LogP contribution in [0.2, 0.25) is 5.82 Å². The van der Waals surface area contributed by atoms with Crippen molar-refractivity contribution in [2.24, 2.45) is 0 Å². The molecule has 34 heavy (non-hydrogen) atoms. The van der Waals surface area contributed by atoms with Crippen molar-refractivity contribution in [1.29, 1.82) is 0 Å². The highest BCUT2D eigenvalue weighted by Gasteiger charge is 2.36. The molecule has 2 N–H and O–H groups in total. The predicted octanol–water partition coefficient (Wildman–Crippen LogP) is 4.34. The maximum Gasteiger partial charge on any atom is 0.229 e. The number of hydrogen-bond donors (Lipinski definition) is 2. The number of carbonyl (C=O) groups excluding carboxylic acids is 1. The lowest BCUT2D eigenvalue weighted by atomic mass is 9.46. The molecule has 0 amide bonds. The zero-order chi connectivity index (χ0) is 23.8. The number of carbonyl (C=O) groups is 1. The van der Waals surface area contributed by atoms with Gasteiger partial charge in [0.2, 0.25) is 6.85 Å². The first kappa shape index (κ1) is 25.0. The fraction of sp³-hybridized carbons (Fsp3) is 0.536. The van der Waals surface area contributed by atoms with Crippen LogP contribution in [0.25, 0.3) is 0 Å². The molecule has 0 bridgehead atoms. The van der Waals surface area contributed by atoms with E-state index in [4.69, 9.17) is 9.47 Å². The van der Waals surface area contributed by atoms with Crippen molar-refractivity contribution in [1.82, 2.24) is 10.5 Å². The van der Waals surface area contributed by atoms with Crippen LogP contribution >= 0.6 is 0 Å². The highest BCUT2D eigenvalue weighted by Crippen LogP contribution is 2.40. The molecule has 1 heterocycles. The quantitative estimate of drug-likeness (QED) is 0.384. The Hall–Kier alpha value is -2.15. The fourth-order valence-electron chi connectivity index (χ4n) is 5.97. The van der Waals surface area contributed by atoms with E-state index < -0.39 is 0 Å². The van der Waals surface area contributed by atoms with Crippen LogP contribution in [-0.4, -0.2) is 52.1 Å². The zero-order valence-corrected chi connectivity index (χ0v) is 20.7. The number of rotatable bonds is 11. The third kappa shape index (κ3) is 6.29. The highest BCUT2D eigenvalue weighted by molar-refractivity contribution is 6.57.